The second kappa shape index (κ2) is 8.07. The summed E-state index contributed by atoms with van der Waals surface area (Å²) in [6.07, 6.45) is 7.33. The third kappa shape index (κ3) is 5.09. The molecule has 0 aromatic heterocycles. The maximum Gasteiger partial charge on any atom is 0.109 e. The number of hydrogen-bond acceptors (Lipinski definition) is 3. The minimum Gasteiger partial charge on any atom is -0.393 e. The van der Waals surface area contributed by atoms with E-state index >= 15 is 0 Å². The number of allylic oxidation sites excluding steroid dienone is 1. The fraction of sp³-hybridized carbons (Fsp3) is 0.583. The van der Waals surface area contributed by atoms with Crippen LogP contribution in [0.2, 0.25) is 0 Å². The monoisotopic (exact) mass is 226 g/mol. The molecule has 4 heteroatoms. The molecule has 0 rings (SSSR count). The van der Waals surface area contributed by atoms with Crippen molar-refractivity contribution >= 4 is 5.84 Å². The Labute approximate surface area is 97.5 Å². The largest absolute Gasteiger partial charge is 0.393 e. The summed E-state index contributed by atoms with van der Waals surface area (Å²) in [5.74, 6) is 0.495. The zero-order valence-corrected chi connectivity index (χ0v) is 10.1. The third-order valence-electron chi connectivity index (χ3n) is 2.39. The van der Waals surface area contributed by atoms with Crippen LogP contribution >= 0.6 is 0 Å². The summed E-state index contributed by atoms with van der Waals surface area (Å²) in [4.78, 5) is 3.87. The third-order valence-corrected chi connectivity index (χ3v) is 2.39. The van der Waals surface area contributed by atoms with Crippen LogP contribution in [0.3, 0.4) is 0 Å². The van der Waals surface area contributed by atoms with Gasteiger partial charge in [0.15, 0.2) is 0 Å². The average Bonchev–Trinajstić information content (AvgIpc) is 2.31. The van der Waals surface area contributed by atoms with Gasteiger partial charge in [-0.1, -0.05) is 25.7 Å². The Morgan fingerprint density at radius 1 is 1.62 bits per heavy atom. The van der Waals surface area contributed by atoms with Crippen LogP contribution in [0.25, 0.3) is 0 Å². The molecule has 0 spiro atoms. The van der Waals surface area contributed by atoms with Crippen LogP contribution < -0.4 is 5.73 Å². The molecule has 4 nitrogen and oxygen atoms in total. The van der Waals surface area contributed by atoms with E-state index < -0.39 is 5.60 Å². The van der Waals surface area contributed by atoms with Gasteiger partial charge in [0.05, 0.1) is 12.4 Å². The van der Waals surface area contributed by atoms with Crippen LogP contribution in [0.5, 0.6) is 0 Å². The number of aliphatic hydroxyl groups is 1. The number of hydrogen-bond donors (Lipinski definition) is 2. The lowest BCUT2D eigenvalue weighted by molar-refractivity contribution is -0.0187. The fourth-order valence-electron chi connectivity index (χ4n) is 1.30. The standard InChI is InChI=1S/C12H22N2O2/c1-4-6-8-12(10-15,16-3)9-7-11(13)14-5-2/h5-6,8,15H,2,4,7,9-10H2,1,3H3,(H2,13,14)/b8-6-. The molecule has 0 aliphatic carbocycles. The second-order valence-electron chi connectivity index (χ2n) is 3.54. The van der Waals surface area contributed by atoms with Crippen molar-refractivity contribution in [3.63, 3.8) is 0 Å². The van der Waals surface area contributed by atoms with E-state index in [9.17, 15) is 5.11 Å². The first kappa shape index (κ1) is 14.9. The lowest BCUT2D eigenvalue weighted by Crippen LogP contribution is -2.34. The summed E-state index contributed by atoms with van der Waals surface area (Å²) in [7, 11) is 1.58. The van der Waals surface area contributed by atoms with Gasteiger partial charge in [-0.25, -0.2) is 4.99 Å². The highest BCUT2D eigenvalue weighted by Gasteiger charge is 2.25. The number of aliphatic hydroxyl groups excluding tert-OH is 1. The Morgan fingerprint density at radius 3 is 2.75 bits per heavy atom. The first-order valence-corrected chi connectivity index (χ1v) is 5.41. The molecule has 0 saturated heterocycles. The van der Waals surface area contributed by atoms with Crippen molar-refractivity contribution in [2.45, 2.75) is 31.8 Å². The van der Waals surface area contributed by atoms with Gasteiger partial charge in [-0.05, 0) is 12.8 Å². The first-order chi connectivity index (χ1) is 7.64. The van der Waals surface area contributed by atoms with Crippen molar-refractivity contribution in [2.75, 3.05) is 13.7 Å². The zero-order chi connectivity index (χ0) is 12.4. The number of methoxy groups -OCH3 is 1. The summed E-state index contributed by atoms with van der Waals surface area (Å²) in [6.45, 7) is 5.43. The Kier molecular flexibility index (Phi) is 7.50. The second-order valence-corrected chi connectivity index (χ2v) is 3.54. The summed E-state index contributed by atoms with van der Waals surface area (Å²) in [6, 6.07) is 0. The molecule has 1 unspecified atom stereocenters. The number of aliphatic imine (C=N–C) groups is 1. The van der Waals surface area contributed by atoms with Crippen molar-refractivity contribution in [1.29, 1.82) is 0 Å². The maximum absolute atomic E-state index is 9.37. The number of amidine groups is 1. The molecular weight excluding hydrogens is 204 g/mol. The van der Waals surface area contributed by atoms with E-state index in [0.717, 1.165) is 6.42 Å². The van der Waals surface area contributed by atoms with E-state index in [1.54, 1.807) is 7.11 Å². The highest BCUT2D eigenvalue weighted by atomic mass is 16.5. The molecule has 0 aliphatic heterocycles. The van der Waals surface area contributed by atoms with Crippen molar-refractivity contribution in [2.24, 2.45) is 10.7 Å². The van der Waals surface area contributed by atoms with E-state index in [1.807, 2.05) is 19.1 Å². The van der Waals surface area contributed by atoms with E-state index in [1.165, 1.54) is 6.20 Å². The van der Waals surface area contributed by atoms with Crippen LogP contribution in [0.15, 0.2) is 29.9 Å². The number of rotatable bonds is 8. The van der Waals surface area contributed by atoms with Crippen LogP contribution in [0, 0.1) is 0 Å². The fourth-order valence-corrected chi connectivity index (χ4v) is 1.30. The summed E-state index contributed by atoms with van der Waals surface area (Å²) < 4.78 is 5.34. The molecule has 0 amide bonds. The van der Waals surface area contributed by atoms with E-state index in [-0.39, 0.29) is 6.61 Å². The molecule has 0 radical (unpaired) electrons. The topological polar surface area (TPSA) is 67.8 Å². The van der Waals surface area contributed by atoms with Crippen molar-refractivity contribution in [3.8, 4) is 0 Å². The molecule has 0 saturated carbocycles. The van der Waals surface area contributed by atoms with Gasteiger partial charge in [-0.3, -0.25) is 0 Å². The molecule has 0 bridgehead atoms. The zero-order valence-electron chi connectivity index (χ0n) is 10.1. The Balaban J connectivity index is 4.49. The summed E-state index contributed by atoms with van der Waals surface area (Å²) in [5.41, 5.74) is 4.99. The Morgan fingerprint density at radius 2 is 2.31 bits per heavy atom. The lowest BCUT2D eigenvalue weighted by atomic mass is 9.97. The maximum atomic E-state index is 9.37. The minimum absolute atomic E-state index is 0.0681. The van der Waals surface area contributed by atoms with Crippen LogP contribution in [-0.2, 0) is 4.74 Å². The molecular formula is C12H22N2O2. The first-order valence-electron chi connectivity index (χ1n) is 5.41. The van der Waals surface area contributed by atoms with Crippen molar-refractivity contribution < 1.29 is 9.84 Å². The molecule has 0 heterocycles. The number of nitrogens with zero attached hydrogens (tertiary/aromatic N) is 1. The predicted octanol–water partition coefficient (Wildman–Crippen LogP) is 1.61. The van der Waals surface area contributed by atoms with E-state index in [0.29, 0.717) is 18.7 Å². The van der Waals surface area contributed by atoms with Crippen molar-refractivity contribution in [3.05, 3.63) is 24.9 Å². The Bertz CT molecular complexity index is 256. The number of nitrogens with two attached hydrogens (primary N) is 1. The van der Waals surface area contributed by atoms with Crippen LogP contribution in [-0.4, -0.2) is 30.3 Å². The summed E-state index contributed by atoms with van der Waals surface area (Å²) >= 11 is 0. The highest BCUT2D eigenvalue weighted by molar-refractivity contribution is 5.80. The van der Waals surface area contributed by atoms with Gasteiger partial charge in [0.25, 0.3) is 0 Å². The van der Waals surface area contributed by atoms with Gasteiger partial charge < -0.3 is 15.6 Å². The van der Waals surface area contributed by atoms with Gasteiger partial charge in [-0.15, -0.1) is 0 Å². The Hall–Kier alpha value is -1.13. The van der Waals surface area contributed by atoms with E-state index in [4.69, 9.17) is 10.5 Å². The van der Waals surface area contributed by atoms with Crippen molar-refractivity contribution in [1.82, 2.24) is 0 Å². The molecule has 0 aromatic carbocycles. The molecule has 0 aromatic rings. The van der Waals surface area contributed by atoms with Crippen LogP contribution in [0.4, 0.5) is 0 Å². The molecule has 1 atom stereocenters. The molecule has 16 heavy (non-hydrogen) atoms. The van der Waals surface area contributed by atoms with Gasteiger partial charge in [0.2, 0.25) is 0 Å². The van der Waals surface area contributed by atoms with Crippen LogP contribution in [0.1, 0.15) is 26.2 Å². The molecule has 92 valence electrons. The van der Waals surface area contributed by atoms with Gasteiger partial charge in [0, 0.05) is 19.7 Å². The molecule has 0 fully saturated rings. The van der Waals surface area contributed by atoms with Gasteiger partial charge in [0.1, 0.15) is 5.60 Å². The smallest absolute Gasteiger partial charge is 0.109 e. The molecule has 3 N–H and O–H groups in total. The minimum atomic E-state index is -0.655. The van der Waals surface area contributed by atoms with E-state index in [2.05, 4.69) is 11.6 Å². The quantitative estimate of drug-likeness (QED) is 0.375. The lowest BCUT2D eigenvalue weighted by Gasteiger charge is -2.26. The highest BCUT2D eigenvalue weighted by Crippen LogP contribution is 2.19. The average molecular weight is 226 g/mol. The normalized spacial score (nSPS) is 16.3. The predicted molar refractivity (Wildman–Crippen MR) is 67.3 cm³/mol. The van der Waals surface area contributed by atoms with Gasteiger partial charge in [-0.2, -0.15) is 0 Å². The van der Waals surface area contributed by atoms with Gasteiger partial charge >= 0.3 is 0 Å². The SMILES string of the molecule is C=CN=C(N)CCC(/C=C\CC)(CO)OC. The number of ether oxygens (including phenoxy) is 1. The molecule has 0 aliphatic rings. The summed E-state index contributed by atoms with van der Waals surface area (Å²) in [5, 5.41) is 9.37.